The van der Waals surface area contributed by atoms with Crippen LogP contribution >= 0.6 is 0 Å². The fourth-order valence-electron chi connectivity index (χ4n) is 1.62. The number of benzene rings is 1. The molecule has 1 N–H and O–H groups in total. The maximum absolute atomic E-state index is 13.4. The van der Waals surface area contributed by atoms with E-state index in [2.05, 4.69) is 10.4 Å². The minimum atomic E-state index is -1.47. The van der Waals surface area contributed by atoms with Crippen molar-refractivity contribution in [1.82, 2.24) is 9.78 Å². The molecule has 0 aliphatic heterocycles. The molecule has 18 heavy (non-hydrogen) atoms. The van der Waals surface area contributed by atoms with Crippen molar-refractivity contribution in [3.05, 3.63) is 47.5 Å². The summed E-state index contributed by atoms with van der Waals surface area (Å²) < 4.78 is 40.9. The summed E-state index contributed by atoms with van der Waals surface area (Å²) in [5.41, 5.74) is 0.742. The van der Waals surface area contributed by atoms with Crippen molar-refractivity contribution in [2.75, 3.05) is 5.32 Å². The average Bonchev–Trinajstić information content (AvgIpc) is 2.77. The Hall–Kier alpha value is -1.98. The van der Waals surface area contributed by atoms with Gasteiger partial charge in [-0.25, -0.2) is 13.2 Å². The lowest BCUT2D eigenvalue weighted by atomic mass is 10.1. The Bertz CT molecular complexity index is 566. The van der Waals surface area contributed by atoms with Crippen LogP contribution in [-0.4, -0.2) is 9.78 Å². The first kappa shape index (κ1) is 12.5. The fourth-order valence-corrected chi connectivity index (χ4v) is 1.62. The van der Waals surface area contributed by atoms with Crippen LogP contribution in [0.1, 0.15) is 18.5 Å². The van der Waals surface area contributed by atoms with E-state index in [1.54, 1.807) is 31.0 Å². The molecule has 1 aromatic heterocycles. The van der Waals surface area contributed by atoms with Crippen LogP contribution in [0, 0.1) is 17.5 Å². The summed E-state index contributed by atoms with van der Waals surface area (Å²) in [6.45, 7) is 1.78. The van der Waals surface area contributed by atoms with Crippen LogP contribution in [-0.2, 0) is 7.05 Å². The molecule has 0 aliphatic carbocycles. The highest BCUT2D eigenvalue weighted by Gasteiger charge is 2.15. The summed E-state index contributed by atoms with van der Waals surface area (Å²) in [6, 6.07) is 1.79. The minimum absolute atomic E-state index is 0.0785. The van der Waals surface area contributed by atoms with Gasteiger partial charge in [0.15, 0.2) is 17.5 Å². The summed E-state index contributed by atoms with van der Waals surface area (Å²) >= 11 is 0. The number of aromatic nitrogens is 2. The predicted octanol–water partition coefficient (Wildman–Crippen LogP) is 3.01. The predicted molar refractivity (Wildman–Crippen MR) is 61.6 cm³/mol. The molecule has 1 unspecified atom stereocenters. The van der Waals surface area contributed by atoms with Crippen molar-refractivity contribution in [1.29, 1.82) is 0 Å². The van der Waals surface area contributed by atoms with Gasteiger partial charge >= 0.3 is 0 Å². The van der Waals surface area contributed by atoms with Crippen molar-refractivity contribution < 1.29 is 13.2 Å². The van der Waals surface area contributed by atoms with Crippen molar-refractivity contribution in [2.45, 2.75) is 13.0 Å². The lowest BCUT2D eigenvalue weighted by molar-refractivity contribution is 0.448. The Morgan fingerprint density at radius 2 is 1.94 bits per heavy atom. The molecule has 0 amide bonds. The first-order chi connectivity index (χ1) is 8.49. The molecule has 6 heteroatoms. The normalized spacial score (nSPS) is 12.5. The second kappa shape index (κ2) is 4.72. The average molecular weight is 255 g/mol. The third kappa shape index (κ3) is 2.32. The number of aryl methyl sites for hydroxylation is 1. The molecule has 1 atom stereocenters. The third-order valence-corrected chi connectivity index (χ3v) is 2.63. The van der Waals surface area contributed by atoms with E-state index in [4.69, 9.17) is 0 Å². The Morgan fingerprint density at radius 3 is 2.56 bits per heavy atom. The van der Waals surface area contributed by atoms with Gasteiger partial charge in [0.2, 0.25) is 0 Å². The molecule has 96 valence electrons. The molecule has 1 aromatic carbocycles. The molecule has 0 bridgehead atoms. The van der Waals surface area contributed by atoms with Gasteiger partial charge in [0.1, 0.15) is 0 Å². The van der Waals surface area contributed by atoms with Crippen molar-refractivity contribution in [2.24, 2.45) is 7.05 Å². The highest BCUT2D eigenvalue weighted by Crippen LogP contribution is 2.24. The first-order valence-electron chi connectivity index (χ1n) is 5.37. The molecule has 0 saturated carbocycles. The molecular formula is C12H12F3N3. The Kier molecular flexibility index (Phi) is 3.27. The van der Waals surface area contributed by atoms with Crippen molar-refractivity contribution >= 4 is 5.69 Å². The molecule has 3 nitrogen and oxygen atoms in total. The van der Waals surface area contributed by atoms with Gasteiger partial charge < -0.3 is 5.32 Å². The Morgan fingerprint density at radius 1 is 1.22 bits per heavy atom. The topological polar surface area (TPSA) is 29.9 Å². The van der Waals surface area contributed by atoms with E-state index in [1.165, 1.54) is 6.07 Å². The van der Waals surface area contributed by atoms with Crippen LogP contribution < -0.4 is 5.32 Å². The highest BCUT2D eigenvalue weighted by molar-refractivity contribution is 5.47. The third-order valence-electron chi connectivity index (χ3n) is 2.63. The summed E-state index contributed by atoms with van der Waals surface area (Å²) in [5.74, 6) is -3.89. The maximum atomic E-state index is 13.4. The van der Waals surface area contributed by atoms with Gasteiger partial charge in [-0.3, -0.25) is 4.68 Å². The quantitative estimate of drug-likeness (QED) is 0.854. The standard InChI is InChI=1S/C12H12F3N3/c1-7(8-5-16-18(2)6-8)17-10-4-3-9(13)11(14)12(10)15/h3-7,17H,1-2H3. The summed E-state index contributed by atoms with van der Waals surface area (Å²) in [6.07, 6.45) is 3.38. The van der Waals surface area contributed by atoms with Crippen LogP contribution in [0.2, 0.25) is 0 Å². The van der Waals surface area contributed by atoms with Gasteiger partial charge in [-0.05, 0) is 19.1 Å². The molecule has 2 rings (SSSR count). The lowest BCUT2D eigenvalue weighted by Crippen LogP contribution is -2.08. The van der Waals surface area contributed by atoms with Gasteiger partial charge in [-0.2, -0.15) is 5.10 Å². The van der Waals surface area contributed by atoms with Crippen LogP contribution in [0.25, 0.3) is 0 Å². The van der Waals surface area contributed by atoms with Crippen LogP contribution in [0.3, 0.4) is 0 Å². The number of hydrogen-bond acceptors (Lipinski definition) is 2. The monoisotopic (exact) mass is 255 g/mol. The van der Waals surface area contributed by atoms with E-state index < -0.39 is 17.5 Å². The lowest BCUT2D eigenvalue weighted by Gasteiger charge is -2.14. The second-order valence-electron chi connectivity index (χ2n) is 4.04. The Labute approximate surface area is 102 Å². The molecule has 0 spiro atoms. The molecule has 2 aromatic rings. The number of anilines is 1. The molecule has 1 heterocycles. The highest BCUT2D eigenvalue weighted by atomic mass is 19.2. The van der Waals surface area contributed by atoms with Crippen molar-refractivity contribution in [3.63, 3.8) is 0 Å². The number of halogens is 3. The van der Waals surface area contributed by atoms with Crippen LogP contribution in [0.5, 0.6) is 0 Å². The zero-order valence-electron chi connectivity index (χ0n) is 9.92. The summed E-state index contributed by atoms with van der Waals surface area (Å²) in [7, 11) is 1.76. The molecule has 0 saturated heterocycles. The second-order valence-corrected chi connectivity index (χ2v) is 4.04. The SMILES string of the molecule is CC(Nc1ccc(F)c(F)c1F)c1cnn(C)c1. The van der Waals surface area contributed by atoms with E-state index >= 15 is 0 Å². The van der Waals surface area contributed by atoms with Gasteiger partial charge in [0.05, 0.1) is 17.9 Å². The number of nitrogens with one attached hydrogen (secondary N) is 1. The number of hydrogen-bond donors (Lipinski definition) is 1. The summed E-state index contributed by atoms with van der Waals surface area (Å²) in [5, 5.41) is 6.76. The summed E-state index contributed by atoms with van der Waals surface area (Å²) in [4.78, 5) is 0. The Balaban J connectivity index is 2.22. The van der Waals surface area contributed by atoms with Gasteiger partial charge in [-0.15, -0.1) is 0 Å². The van der Waals surface area contributed by atoms with Gasteiger partial charge in [0, 0.05) is 18.8 Å². The smallest absolute Gasteiger partial charge is 0.196 e. The van der Waals surface area contributed by atoms with E-state index in [1.807, 2.05) is 0 Å². The first-order valence-corrected chi connectivity index (χ1v) is 5.37. The van der Waals surface area contributed by atoms with Crippen LogP contribution in [0.4, 0.5) is 18.9 Å². The molecular weight excluding hydrogens is 243 g/mol. The number of nitrogens with zero attached hydrogens (tertiary/aromatic N) is 2. The molecule has 0 aliphatic rings. The van der Waals surface area contributed by atoms with Crippen molar-refractivity contribution in [3.8, 4) is 0 Å². The zero-order valence-corrected chi connectivity index (χ0v) is 9.92. The van der Waals surface area contributed by atoms with Crippen LogP contribution in [0.15, 0.2) is 24.5 Å². The number of rotatable bonds is 3. The zero-order chi connectivity index (χ0) is 13.3. The van der Waals surface area contributed by atoms with E-state index in [0.717, 1.165) is 11.6 Å². The maximum Gasteiger partial charge on any atom is 0.196 e. The molecule has 0 radical (unpaired) electrons. The van der Waals surface area contributed by atoms with Gasteiger partial charge in [-0.1, -0.05) is 0 Å². The minimum Gasteiger partial charge on any atom is -0.376 e. The molecule has 0 fully saturated rings. The van der Waals surface area contributed by atoms with E-state index in [0.29, 0.717) is 0 Å². The van der Waals surface area contributed by atoms with Gasteiger partial charge in [0.25, 0.3) is 0 Å². The van der Waals surface area contributed by atoms with E-state index in [-0.39, 0.29) is 11.7 Å². The largest absolute Gasteiger partial charge is 0.376 e. The van der Waals surface area contributed by atoms with E-state index in [9.17, 15) is 13.2 Å². The fraction of sp³-hybridized carbons (Fsp3) is 0.250.